The number of anilines is 1. The highest BCUT2D eigenvalue weighted by Crippen LogP contribution is 2.38. The Labute approximate surface area is 140 Å². The van der Waals surface area contributed by atoms with Crippen LogP contribution in [0.15, 0.2) is 60.7 Å². The normalized spacial score (nSPS) is 10.7. The van der Waals surface area contributed by atoms with E-state index in [-0.39, 0.29) is 11.8 Å². The van der Waals surface area contributed by atoms with Crippen molar-refractivity contribution in [3.63, 3.8) is 0 Å². The molecule has 1 aromatic heterocycles. The molecule has 0 saturated heterocycles. The fraction of sp³-hybridized carbons (Fsp3) is 0.158. The second-order valence-electron chi connectivity index (χ2n) is 5.57. The molecule has 23 heavy (non-hydrogen) atoms. The molecule has 0 bridgehead atoms. The summed E-state index contributed by atoms with van der Waals surface area (Å²) in [6, 6.07) is 20.2. The van der Waals surface area contributed by atoms with Crippen LogP contribution >= 0.6 is 11.3 Å². The zero-order valence-electron chi connectivity index (χ0n) is 13.1. The van der Waals surface area contributed by atoms with Crippen LogP contribution in [0.3, 0.4) is 0 Å². The lowest BCUT2D eigenvalue weighted by Crippen LogP contribution is -2.17. The topological polar surface area (TPSA) is 42.0 Å². The number of amides is 1. The van der Waals surface area contributed by atoms with Gasteiger partial charge in [0.05, 0.1) is 10.6 Å². The van der Waals surface area contributed by atoms with E-state index < -0.39 is 0 Å². The van der Waals surface area contributed by atoms with Crippen molar-refractivity contribution in [2.45, 2.75) is 13.8 Å². The maximum Gasteiger partial charge on any atom is 0.228 e. The summed E-state index contributed by atoms with van der Waals surface area (Å²) in [6.07, 6.45) is 0. The number of nitrogens with zero attached hydrogens (tertiary/aromatic N) is 1. The van der Waals surface area contributed by atoms with Gasteiger partial charge in [-0.2, -0.15) is 0 Å². The fourth-order valence-corrected chi connectivity index (χ4v) is 3.20. The molecule has 3 rings (SSSR count). The third-order valence-corrected chi connectivity index (χ3v) is 4.48. The maximum atomic E-state index is 12.0. The Bertz CT molecular complexity index is 738. The monoisotopic (exact) mass is 322 g/mol. The molecule has 0 unspecified atom stereocenters. The van der Waals surface area contributed by atoms with E-state index >= 15 is 0 Å². The quantitative estimate of drug-likeness (QED) is 0.728. The molecule has 1 N–H and O–H groups in total. The molecule has 3 aromatic rings. The molecule has 0 aliphatic carbocycles. The predicted octanol–water partition coefficient (Wildman–Crippen LogP) is 5.07. The first-order valence-electron chi connectivity index (χ1n) is 7.57. The van der Waals surface area contributed by atoms with Crippen LogP contribution in [-0.2, 0) is 4.79 Å². The van der Waals surface area contributed by atoms with Crippen LogP contribution in [0.5, 0.6) is 0 Å². The number of hydrogen-bond donors (Lipinski definition) is 1. The third-order valence-electron chi connectivity index (χ3n) is 3.46. The Morgan fingerprint density at radius 2 is 1.52 bits per heavy atom. The molecule has 0 radical (unpaired) electrons. The molecule has 3 nitrogen and oxygen atoms in total. The van der Waals surface area contributed by atoms with E-state index in [1.165, 1.54) is 11.3 Å². The fourth-order valence-electron chi connectivity index (χ4n) is 2.20. The van der Waals surface area contributed by atoms with Crippen LogP contribution in [0.1, 0.15) is 13.8 Å². The Balaban J connectivity index is 2.06. The smallest absolute Gasteiger partial charge is 0.228 e. The van der Waals surface area contributed by atoms with Crippen molar-refractivity contribution in [3.05, 3.63) is 60.7 Å². The number of aromatic nitrogens is 1. The molecule has 0 saturated carbocycles. The van der Waals surface area contributed by atoms with Gasteiger partial charge in [0.25, 0.3) is 0 Å². The van der Waals surface area contributed by atoms with Gasteiger partial charge in [-0.1, -0.05) is 85.8 Å². The second kappa shape index (κ2) is 6.75. The van der Waals surface area contributed by atoms with Gasteiger partial charge in [0.1, 0.15) is 0 Å². The zero-order valence-corrected chi connectivity index (χ0v) is 13.9. The van der Waals surface area contributed by atoms with Crippen molar-refractivity contribution in [3.8, 4) is 21.7 Å². The van der Waals surface area contributed by atoms with Crippen LogP contribution in [0.2, 0.25) is 0 Å². The molecule has 116 valence electrons. The lowest BCUT2D eigenvalue weighted by atomic mass is 10.1. The first-order valence-corrected chi connectivity index (χ1v) is 8.39. The van der Waals surface area contributed by atoms with Crippen LogP contribution in [0, 0.1) is 5.92 Å². The van der Waals surface area contributed by atoms with Crippen molar-refractivity contribution in [2.75, 3.05) is 5.32 Å². The average molecular weight is 322 g/mol. The maximum absolute atomic E-state index is 12.0. The number of benzene rings is 2. The number of thiazole rings is 1. The van der Waals surface area contributed by atoms with E-state index in [9.17, 15) is 4.79 Å². The van der Waals surface area contributed by atoms with Crippen LogP contribution < -0.4 is 5.32 Å². The summed E-state index contributed by atoms with van der Waals surface area (Å²) in [6.45, 7) is 3.75. The van der Waals surface area contributed by atoms with Gasteiger partial charge in [-0.3, -0.25) is 4.79 Å². The van der Waals surface area contributed by atoms with Crippen molar-refractivity contribution >= 4 is 22.4 Å². The second-order valence-corrected chi connectivity index (χ2v) is 6.57. The summed E-state index contributed by atoms with van der Waals surface area (Å²) in [5.41, 5.74) is 3.06. The highest BCUT2D eigenvalue weighted by atomic mass is 32.1. The van der Waals surface area contributed by atoms with E-state index in [1.807, 2.05) is 62.4 Å². The summed E-state index contributed by atoms with van der Waals surface area (Å²) in [7, 11) is 0. The lowest BCUT2D eigenvalue weighted by Gasteiger charge is -2.03. The molecule has 0 atom stereocenters. The summed E-state index contributed by atoms with van der Waals surface area (Å²) < 4.78 is 0. The Morgan fingerprint density at radius 1 is 0.957 bits per heavy atom. The minimum atomic E-state index is -0.0701. The molecule has 1 amide bonds. The van der Waals surface area contributed by atoms with Gasteiger partial charge in [-0.25, -0.2) is 4.98 Å². The SMILES string of the molecule is CC(C)C(=O)Nc1nc(-c2ccccc2)c(-c2ccccc2)s1. The first kappa shape index (κ1) is 15.4. The van der Waals surface area contributed by atoms with Gasteiger partial charge in [0, 0.05) is 11.5 Å². The molecular formula is C19H18N2OS. The molecule has 0 aliphatic rings. The number of carbonyl (C=O) groups excluding carboxylic acids is 1. The summed E-state index contributed by atoms with van der Waals surface area (Å²) in [4.78, 5) is 17.7. The number of hydrogen-bond acceptors (Lipinski definition) is 3. The predicted molar refractivity (Wildman–Crippen MR) is 96.5 cm³/mol. The lowest BCUT2D eigenvalue weighted by molar-refractivity contribution is -0.118. The zero-order chi connectivity index (χ0) is 16.2. The van der Waals surface area contributed by atoms with E-state index in [0.717, 1.165) is 21.7 Å². The number of nitrogens with one attached hydrogen (secondary N) is 1. The minimum absolute atomic E-state index is 0.0158. The molecule has 4 heteroatoms. The van der Waals surface area contributed by atoms with Gasteiger partial charge < -0.3 is 5.32 Å². The summed E-state index contributed by atoms with van der Waals surface area (Å²) in [5, 5.41) is 3.55. The van der Waals surface area contributed by atoms with Gasteiger partial charge in [-0.05, 0) is 5.56 Å². The van der Waals surface area contributed by atoms with Gasteiger partial charge in [0.15, 0.2) is 5.13 Å². The summed E-state index contributed by atoms with van der Waals surface area (Å²) in [5.74, 6) is -0.0859. The average Bonchev–Trinajstić information content (AvgIpc) is 3.00. The highest BCUT2D eigenvalue weighted by molar-refractivity contribution is 7.19. The third kappa shape index (κ3) is 3.48. The molecule has 2 aromatic carbocycles. The molecule has 0 fully saturated rings. The Morgan fingerprint density at radius 3 is 2.09 bits per heavy atom. The van der Waals surface area contributed by atoms with Crippen molar-refractivity contribution in [2.24, 2.45) is 5.92 Å². The van der Waals surface area contributed by atoms with E-state index in [0.29, 0.717) is 5.13 Å². The van der Waals surface area contributed by atoms with Gasteiger partial charge in [0.2, 0.25) is 5.91 Å². The summed E-state index contributed by atoms with van der Waals surface area (Å²) >= 11 is 1.51. The van der Waals surface area contributed by atoms with Crippen molar-refractivity contribution in [1.82, 2.24) is 4.98 Å². The Kier molecular flexibility index (Phi) is 4.53. The van der Waals surface area contributed by atoms with Crippen LogP contribution in [-0.4, -0.2) is 10.9 Å². The van der Waals surface area contributed by atoms with Gasteiger partial charge >= 0.3 is 0 Å². The minimum Gasteiger partial charge on any atom is -0.302 e. The molecular weight excluding hydrogens is 304 g/mol. The van der Waals surface area contributed by atoms with Crippen molar-refractivity contribution in [1.29, 1.82) is 0 Å². The van der Waals surface area contributed by atoms with E-state index in [1.54, 1.807) is 0 Å². The van der Waals surface area contributed by atoms with Gasteiger partial charge in [-0.15, -0.1) is 0 Å². The number of rotatable bonds is 4. The molecule has 1 heterocycles. The van der Waals surface area contributed by atoms with E-state index in [4.69, 9.17) is 0 Å². The standard InChI is InChI=1S/C19H18N2OS/c1-13(2)18(22)21-19-20-16(14-9-5-3-6-10-14)17(23-19)15-11-7-4-8-12-15/h3-13H,1-2H3,(H,20,21,22). The number of carbonyl (C=O) groups is 1. The van der Waals surface area contributed by atoms with Crippen LogP contribution in [0.4, 0.5) is 5.13 Å². The molecule has 0 aliphatic heterocycles. The Hall–Kier alpha value is -2.46. The first-order chi connectivity index (χ1) is 11.1. The van der Waals surface area contributed by atoms with E-state index in [2.05, 4.69) is 22.4 Å². The van der Waals surface area contributed by atoms with Crippen molar-refractivity contribution < 1.29 is 4.79 Å². The molecule has 0 spiro atoms. The highest BCUT2D eigenvalue weighted by Gasteiger charge is 2.17. The van der Waals surface area contributed by atoms with Crippen LogP contribution in [0.25, 0.3) is 21.7 Å². The largest absolute Gasteiger partial charge is 0.302 e.